The second-order valence-electron chi connectivity index (χ2n) is 5.68. The summed E-state index contributed by atoms with van der Waals surface area (Å²) in [5.41, 5.74) is 0.871. The van der Waals surface area contributed by atoms with Gasteiger partial charge < -0.3 is 14.2 Å². The first-order chi connectivity index (χ1) is 13.1. The lowest BCUT2D eigenvalue weighted by Crippen LogP contribution is -2.20. The Morgan fingerprint density at radius 1 is 1.00 bits per heavy atom. The van der Waals surface area contributed by atoms with Gasteiger partial charge in [0.25, 0.3) is 11.3 Å². The van der Waals surface area contributed by atoms with Crippen molar-refractivity contribution in [2.75, 3.05) is 21.3 Å². The maximum Gasteiger partial charge on any atom is 0.285 e. The molecule has 10 heteroatoms. The van der Waals surface area contributed by atoms with Crippen molar-refractivity contribution in [1.82, 2.24) is 29.4 Å². The fourth-order valence-electron chi connectivity index (χ4n) is 2.91. The molecular weight excluding hydrogens is 352 g/mol. The van der Waals surface area contributed by atoms with Crippen LogP contribution in [0.5, 0.6) is 17.2 Å². The van der Waals surface area contributed by atoms with E-state index in [1.54, 1.807) is 31.3 Å². The average Bonchev–Trinajstić information content (AvgIpc) is 3.07. The van der Waals surface area contributed by atoms with Crippen molar-refractivity contribution in [3.63, 3.8) is 0 Å². The maximum atomic E-state index is 13.0. The molecule has 27 heavy (non-hydrogen) atoms. The molecule has 0 saturated heterocycles. The Labute approximate surface area is 152 Å². The summed E-state index contributed by atoms with van der Waals surface area (Å²) in [4.78, 5) is 17.2. The molecule has 10 nitrogen and oxygen atoms in total. The zero-order chi connectivity index (χ0) is 19.1. The molecule has 0 saturated carbocycles. The second-order valence-corrected chi connectivity index (χ2v) is 5.68. The molecule has 0 aliphatic heterocycles. The standard InChI is InChI=1S/C17H16N6O4/c1-9-18-17-20-19-14-11(23(17)21-9)5-6-22(16(14)24)10-7-12(25-2)15(27-4)13(8-10)26-3/h5-8H,1-4H3. The molecule has 0 amide bonds. The van der Waals surface area contributed by atoms with Gasteiger partial charge in [-0.1, -0.05) is 0 Å². The second kappa shape index (κ2) is 6.24. The van der Waals surface area contributed by atoms with Crippen LogP contribution >= 0.6 is 0 Å². The summed E-state index contributed by atoms with van der Waals surface area (Å²) in [6, 6.07) is 5.09. The van der Waals surface area contributed by atoms with E-state index in [1.165, 1.54) is 30.4 Å². The minimum absolute atomic E-state index is 0.170. The van der Waals surface area contributed by atoms with Gasteiger partial charge in [0.1, 0.15) is 11.3 Å². The highest BCUT2D eigenvalue weighted by Crippen LogP contribution is 2.39. The van der Waals surface area contributed by atoms with E-state index in [9.17, 15) is 4.79 Å². The summed E-state index contributed by atoms with van der Waals surface area (Å²) < 4.78 is 19.0. The summed E-state index contributed by atoms with van der Waals surface area (Å²) in [6.07, 6.45) is 1.63. The Morgan fingerprint density at radius 2 is 1.70 bits per heavy atom. The highest BCUT2D eigenvalue weighted by atomic mass is 16.5. The average molecular weight is 368 g/mol. The van der Waals surface area contributed by atoms with E-state index in [1.807, 2.05) is 0 Å². The number of ether oxygens (including phenoxy) is 3. The molecule has 0 spiro atoms. The van der Waals surface area contributed by atoms with Gasteiger partial charge in [-0.25, -0.2) is 0 Å². The first-order valence-electron chi connectivity index (χ1n) is 7.99. The van der Waals surface area contributed by atoms with Gasteiger partial charge >= 0.3 is 0 Å². The van der Waals surface area contributed by atoms with Gasteiger partial charge in [0.05, 0.1) is 27.0 Å². The molecule has 0 unspecified atom stereocenters. The van der Waals surface area contributed by atoms with Gasteiger partial charge in [-0.2, -0.15) is 9.50 Å². The van der Waals surface area contributed by atoms with Crippen LogP contribution < -0.4 is 19.8 Å². The zero-order valence-corrected chi connectivity index (χ0v) is 15.1. The highest BCUT2D eigenvalue weighted by molar-refractivity contribution is 5.75. The molecule has 0 atom stereocenters. The maximum absolute atomic E-state index is 13.0. The lowest BCUT2D eigenvalue weighted by molar-refractivity contribution is 0.324. The third-order valence-electron chi connectivity index (χ3n) is 4.14. The number of hydrogen-bond donors (Lipinski definition) is 0. The fourth-order valence-corrected chi connectivity index (χ4v) is 2.91. The van der Waals surface area contributed by atoms with E-state index >= 15 is 0 Å². The van der Waals surface area contributed by atoms with Crippen LogP contribution in [0.1, 0.15) is 5.82 Å². The van der Waals surface area contributed by atoms with Crippen molar-refractivity contribution < 1.29 is 14.2 Å². The lowest BCUT2D eigenvalue weighted by atomic mass is 10.2. The SMILES string of the molecule is COc1cc(-n2ccc3c(nnc4nc(C)nn43)c2=O)cc(OC)c1OC. The van der Waals surface area contributed by atoms with Crippen molar-refractivity contribution in [2.45, 2.75) is 6.92 Å². The van der Waals surface area contributed by atoms with E-state index < -0.39 is 0 Å². The minimum atomic E-state index is -0.357. The number of nitrogens with zero attached hydrogens (tertiary/aromatic N) is 6. The van der Waals surface area contributed by atoms with Crippen molar-refractivity contribution in [3.8, 4) is 22.9 Å². The topological polar surface area (TPSA) is 106 Å². The molecular formula is C17H16N6O4. The van der Waals surface area contributed by atoms with Gasteiger partial charge in [-0.3, -0.25) is 9.36 Å². The van der Waals surface area contributed by atoms with Crippen molar-refractivity contribution in [3.05, 3.63) is 40.6 Å². The predicted octanol–water partition coefficient (Wildman–Crippen LogP) is 1.16. The number of benzene rings is 1. The number of aromatic nitrogens is 6. The molecule has 0 N–H and O–H groups in total. The molecule has 0 aliphatic rings. The smallest absolute Gasteiger partial charge is 0.285 e. The van der Waals surface area contributed by atoms with Crippen LogP contribution in [-0.4, -0.2) is 50.7 Å². The molecule has 0 bridgehead atoms. The van der Waals surface area contributed by atoms with E-state index in [0.29, 0.717) is 40.1 Å². The normalized spacial score (nSPS) is 11.1. The largest absolute Gasteiger partial charge is 0.493 e. The number of aryl methyl sites for hydroxylation is 1. The van der Waals surface area contributed by atoms with Crippen LogP contribution in [0, 0.1) is 6.92 Å². The Balaban J connectivity index is 1.98. The van der Waals surface area contributed by atoms with Gasteiger partial charge in [0.15, 0.2) is 17.0 Å². The summed E-state index contributed by atoms with van der Waals surface area (Å²) in [5, 5.41) is 12.3. The first-order valence-corrected chi connectivity index (χ1v) is 7.99. The fraction of sp³-hybridized carbons (Fsp3) is 0.235. The molecule has 3 heterocycles. The number of pyridine rings is 1. The monoisotopic (exact) mass is 368 g/mol. The van der Waals surface area contributed by atoms with Crippen LogP contribution in [0.3, 0.4) is 0 Å². The lowest BCUT2D eigenvalue weighted by Gasteiger charge is -2.15. The van der Waals surface area contributed by atoms with Crippen LogP contribution in [0.2, 0.25) is 0 Å². The molecule has 138 valence electrons. The molecule has 4 rings (SSSR count). The molecule has 4 aromatic rings. The molecule has 0 aliphatic carbocycles. The number of fused-ring (bicyclic) bond motifs is 3. The predicted molar refractivity (Wildman–Crippen MR) is 96.1 cm³/mol. The van der Waals surface area contributed by atoms with Gasteiger partial charge in [-0.15, -0.1) is 15.3 Å². The molecule has 0 radical (unpaired) electrons. The molecule has 1 aromatic carbocycles. The summed E-state index contributed by atoms with van der Waals surface area (Å²) >= 11 is 0. The Kier molecular flexibility index (Phi) is 3.87. The number of rotatable bonds is 4. The van der Waals surface area contributed by atoms with Gasteiger partial charge in [-0.05, 0) is 13.0 Å². The van der Waals surface area contributed by atoms with Crippen LogP contribution in [0.4, 0.5) is 0 Å². The zero-order valence-electron chi connectivity index (χ0n) is 15.1. The molecule has 0 fully saturated rings. The third-order valence-corrected chi connectivity index (χ3v) is 4.14. The van der Waals surface area contributed by atoms with Crippen LogP contribution in [0.15, 0.2) is 29.2 Å². The minimum Gasteiger partial charge on any atom is -0.493 e. The van der Waals surface area contributed by atoms with Gasteiger partial charge in [0, 0.05) is 18.3 Å². The quantitative estimate of drug-likeness (QED) is 0.528. The summed E-state index contributed by atoms with van der Waals surface area (Å²) in [5.74, 6) is 2.20. The third kappa shape index (κ3) is 2.53. The number of methoxy groups -OCH3 is 3. The van der Waals surface area contributed by atoms with Crippen molar-refractivity contribution in [2.24, 2.45) is 0 Å². The summed E-state index contributed by atoms with van der Waals surface area (Å²) in [7, 11) is 4.54. The van der Waals surface area contributed by atoms with Crippen molar-refractivity contribution in [1.29, 1.82) is 0 Å². The Hall–Kier alpha value is -3.69. The Morgan fingerprint density at radius 3 is 2.33 bits per heavy atom. The number of hydrogen-bond acceptors (Lipinski definition) is 8. The van der Waals surface area contributed by atoms with E-state index in [4.69, 9.17) is 14.2 Å². The van der Waals surface area contributed by atoms with Crippen LogP contribution in [-0.2, 0) is 0 Å². The summed E-state index contributed by atoms with van der Waals surface area (Å²) in [6.45, 7) is 1.75. The highest BCUT2D eigenvalue weighted by Gasteiger charge is 2.17. The van der Waals surface area contributed by atoms with E-state index in [2.05, 4.69) is 20.3 Å². The van der Waals surface area contributed by atoms with Crippen LogP contribution in [0.25, 0.3) is 22.5 Å². The molecule has 3 aromatic heterocycles. The van der Waals surface area contributed by atoms with E-state index in [0.717, 1.165) is 0 Å². The first kappa shape index (κ1) is 16.8. The van der Waals surface area contributed by atoms with Gasteiger partial charge in [0.2, 0.25) is 5.75 Å². The van der Waals surface area contributed by atoms with Crippen molar-refractivity contribution >= 4 is 16.8 Å². The van der Waals surface area contributed by atoms with E-state index in [-0.39, 0.29) is 11.1 Å². The Bertz CT molecular complexity index is 1200.